The maximum atomic E-state index is 11.5. The van der Waals surface area contributed by atoms with Gasteiger partial charge < -0.3 is 5.32 Å². The minimum Gasteiger partial charge on any atom is -0.341 e. The number of hydrogen-bond acceptors (Lipinski definition) is 8. The standard InChI is InChI=1S/C11H18N6O2S2/c1-5-8(17-7-6-15(3)19-17)20-11-14-13-10(21-11)16(4)9(18)12-2/h6-8H,5H2,1-4H3,(H,12,18). The van der Waals surface area contributed by atoms with Crippen LogP contribution in [-0.4, -0.2) is 52.9 Å². The quantitative estimate of drug-likeness (QED) is 0.651. The molecule has 1 aliphatic rings. The molecule has 1 N–H and O–H groups in total. The van der Waals surface area contributed by atoms with Crippen molar-refractivity contribution in [3.8, 4) is 0 Å². The molecular weight excluding hydrogens is 312 g/mol. The molecule has 1 aromatic heterocycles. The summed E-state index contributed by atoms with van der Waals surface area (Å²) in [4.78, 5) is 18.5. The van der Waals surface area contributed by atoms with Crippen molar-refractivity contribution < 1.29 is 9.73 Å². The lowest BCUT2D eigenvalue weighted by atomic mass is 10.5. The number of hydroxylamine groups is 4. The molecule has 0 spiro atoms. The van der Waals surface area contributed by atoms with E-state index in [2.05, 4.69) is 22.4 Å². The van der Waals surface area contributed by atoms with Crippen LogP contribution in [0.3, 0.4) is 0 Å². The van der Waals surface area contributed by atoms with E-state index in [1.54, 1.807) is 36.0 Å². The minimum atomic E-state index is -0.220. The number of hydrogen-bond donors (Lipinski definition) is 1. The molecule has 10 heteroatoms. The van der Waals surface area contributed by atoms with Crippen molar-refractivity contribution in [1.82, 2.24) is 25.6 Å². The molecule has 8 nitrogen and oxygen atoms in total. The van der Waals surface area contributed by atoms with E-state index in [1.165, 1.54) is 16.2 Å². The third-order valence-electron chi connectivity index (χ3n) is 2.72. The molecule has 0 saturated heterocycles. The summed E-state index contributed by atoms with van der Waals surface area (Å²) in [5.41, 5.74) is 0. The number of carbonyl (C=O) groups excluding carboxylic acids is 1. The molecule has 21 heavy (non-hydrogen) atoms. The van der Waals surface area contributed by atoms with E-state index < -0.39 is 0 Å². The van der Waals surface area contributed by atoms with Gasteiger partial charge >= 0.3 is 6.03 Å². The molecule has 0 aliphatic carbocycles. The van der Waals surface area contributed by atoms with Crippen LogP contribution in [-0.2, 0) is 4.94 Å². The van der Waals surface area contributed by atoms with Gasteiger partial charge in [0, 0.05) is 33.5 Å². The van der Waals surface area contributed by atoms with Crippen LogP contribution in [0.5, 0.6) is 0 Å². The van der Waals surface area contributed by atoms with Crippen molar-refractivity contribution in [2.45, 2.75) is 23.1 Å². The molecule has 0 bridgehead atoms. The van der Waals surface area contributed by atoms with Gasteiger partial charge in [0.05, 0.1) is 0 Å². The number of amides is 2. The molecule has 2 rings (SSSR count). The summed E-state index contributed by atoms with van der Waals surface area (Å²) in [6.07, 6.45) is 4.59. The first-order valence-corrected chi connectivity index (χ1v) is 8.08. The zero-order valence-electron chi connectivity index (χ0n) is 12.3. The fourth-order valence-electron chi connectivity index (χ4n) is 1.58. The molecule has 2 heterocycles. The van der Waals surface area contributed by atoms with Crippen LogP contribution in [0, 0.1) is 0 Å². The minimum absolute atomic E-state index is 0.0947. The van der Waals surface area contributed by atoms with Gasteiger partial charge in [-0.3, -0.25) is 4.90 Å². The predicted molar refractivity (Wildman–Crippen MR) is 82.5 cm³/mol. The molecular formula is C11H18N6O2S2. The number of aromatic nitrogens is 2. The molecule has 2 amide bonds. The Hall–Kier alpha value is -1.52. The number of nitrogens with zero attached hydrogens (tertiary/aromatic N) is 5. The Morgan fingerprint density at radius 1 is 1.57 bits per heavy atom. The van der Waals surface area contributed by atoms with Crippen molar-refractivity contribution in [1.29, 1.82) is 0 Å². The number of rotatable bonds is 5. The highest BCUT2D eigenvalue weighted by Gasteiger charge is 2.23. The fourth-order valence-corrected chi connectivity index (χ4v) is 3.57. The smallest absolute Gasteiger partial charge is 0.323 e. The molecule has 0 aromatic carbocycles. The van der Waals surface area contributed by atoms with E-state index in [1.807, 2.05) is 19.4 Å². The molecule has 0 radical (unpaired) electrons. The van der Waals surface area contributed by atoms with Crippen LogP contribution >= 0.6 is 23.1 Å². The second-order valence-corrected chi connectivity index (χ2v) is 6.61. The number of urea groups is 1. The van der Waals surface area contributed by atoms with Crippen molar-refractivity contribution in [2.24, 2.45) is 0 Å². The van der Waals surface area contributed by atoms with Crippen LogP contribution in [0.15, 0.2) is 16.7 Å². The first-order valence-electron chi connectivity index (χ1n) is 6.38. The molecule has 1 atom stereocenters. The summed E-state index contributed by atoms with van der Waals surface area (Å²) < 4.78 is 0.791. The predicted octanol–water partition coefficient (Wildman–Crippen LogP) is 1.71. The largest absolute Gasteiger partial charge is 0.341 e. The normalized spacial score (nSPS) is 15.4. The number of carbonyl (C=O) groups is 1. The van der Waals surface area contributed by atoms with E-state index in [0.717, 1.165) is 10.8 Å². The van der Waals surface area contributed by atoms with Gasteiger partial charge in [0.2, 0.25) is 5.13 Å². The van der Waals surface area contributed by atoms with E-state index in [0.29, 0.717) is 5.13 Å². The van der Waals surface area contributed by atoms with Crippen molar-refractivity contribution in [3.63, 3.8) is 0 Å². The van der Waals surface area contributed by atoms with Gasteiger partial charge in [-0.2, -0.15) is 4.94 Å². The van der Waals surface area contributed by atoms with E-state index in [9.17, 15) is 4.79 Å². The second-order valence-electron chi connectivity index (χ2n) is 4.23. The van der Waals surface area contributed by atoms with Gasteiger partial charge in [-0.25, -0.2) is 14.9 Å². The SMILES string of the molecule is CCC(Sc1nnc(N(C)C(=O)NC)s1)N1C=CN(C)O1. The van der Waals surface area contributed by atoms with Gasteiger partial charge in [-0.15, -0.1) is 10.2 Å². The lowest BCUT2D eigenvalue weighted by Gasteiger charge is -2.24. The zero-order chi connectivity index (χ0) is 15.4. The van der Waals surface area contributed by atoms with Gasteiger partial charge in [-0.05, 0) is 6.42 Å². The Morgan fingerprint density at radius 2 is 2.33 bits per heavy atom. The Morgan fingerprint density at radius 3 is 2.90 bits per heavy atom. The van der Waals surface area contributed by atoms with Gasteiger partial charge in [0.25, 0.3) is 0 Å². The summed E-state index contributed by atoms with van der Waals surface area (Å²) in [6.45, 7) is 2.08. The van der Waals surface area contributed by atoms with E-state index in [4.69, 9.17) is 4.94 Å². The summed E-state index contributed by atoms with van der Waals surface area (Å²) >= 11 is 2.93. The fraction of sp³-hybridized carbons (Fsp3) is 0.545. The van der Waals surface area contributed by atoms with Crippen LogP contribution in [0.1, 0.15) is 13.3 Å². The average Bonchev–Trinajstić information content (AvgIpc) is 3.12. The zero-order valence-corrected chi connectivity index (χ0v) is 13.9. The second kappa shape index (κ2) is 6.96. The van der Waals surface area contributed by atoms with E-state index >= 15 is 0 Å². The third kappa shape index (κ3) is 3.77. The van der Waals surface area contributed by atoms with Crippen LogP contribution in [0.2, 0.25) is 0 Å². The lowest BCUT2D eigenvalue weighted by molar-refractivity contribution is -0.252. The Labute approximate surface area is 131 Å². The lowest BCUT2D eigenvalue weighted by Crippen LogP contribution is -2.34. The maximum Gasteiger partial charge on any atom is 0.323 e. The molecule has 1 unspecified atom stereocenters. The Bertz CT molecular complexity index is 523. The highest BCUT2D eigenvalue weighted by molar-refractivity contribution is 8.01. The van der Waals surface area contributed by atoms with Gasteiger partial charge in [0.15, 0.2) is 4.34 Å². The number of thioether (sulfide) groups is 1. The topological polar surface area (TPSA) is 73.8 Å². The monoisotopic (exact) mass is 330 g/mol. The van der Waals surface area contributed by atoms with Crippen LogP contribution in [0.25, 0.3) is 0 Å². The maximum absolute atomic E-state index is 11.5. The van der Waals surface area contributed by atoms with Gasteiger partial charge in [-0.1, -0.05) is 30.0 Å². The van der Waals surface area contributed by atoms with Crippen LogP contribution in [0.4, 0.5) is 9.93 Å². The highest BCUT2D eigenvalue weighted by atomic mass is 32.2. The first-order chi connectivity index (χ1) is 10.0. The van der Waals surface area contributed by atoms with Crippen molar-refractivity contribution >= 4 is 34.3 Å². The summed E-state index contributed by atoms with van der Waals surface area (Å²) in [7, 11) is 5.07. The molecule has 0 saturated carbocycles. The third-order valence-corrected chi connectivity index (χ3v) is 5.15. The van der Waals surface area contributed by atoms with Crippen molar-refractivity contribution in [2.75, 3.05) is 26.0 Å². The van der Waals surface area contributed by atoms with Crippen LogP contribution < -0.4 is 10.2 Å². The Balaban J connectivity index is 2.01. The Kier molecular flexibility index (Phi) is 5.26. The molecule has 0 fully saturated rings. The number of nitrogens with one attached hydrogen (secondary N) is 1. The average molecular weight is 330 g/mol. The molecule has 116 valence electrons. The summed E-state index contributed by atoms with van der Waals surface area (Å²) in [6, 6.07) is -0.220. The van der Waals surface area contributed by atoms with Gasteiger partial charge in [0.1, 0.15) is 5.37 Å². The summed E-state index contributed by atoms with van der Waals surface area (Å²) in [5, 5.41) is 14.8. The van der Waals surface area contributed by atoms with Crippen molar-refractivity contribution in [3.05, 3.63) is 12.4 Å². The highest BCUT2D eigenvalue weighted by Crippen LogP contribution is 2.34. The molecule has 1 aromatic rings. The van der Waals surface area contributed by atoms with E-state index in [-0.39, 0.29) is 11.4 Å². The summed E-state index contributed by atoms with van der Waals surface area (Å²) in [5.74, 6) is 0. The first kappa shape index (κ1) is 15.9. The number of anilines is 1. The molecule has 1 aliphatic heterocycles.